The molecule has 0 aromatic carbocycles. The number of carbonyl (C=O) groups is 1. The molecule has 1 aromatic rings. The van der Waals surface area contributed by atoms with Gasteiger partial charge in [0.2, 0.25) is 0 Å². The van der Waals surface area contributed by atoms with Crippen LogP contribution in [-0.2, 0) is 4.74 Å². The first-order valence-electron chi connectivity index (χ1n) is 10.1. The Labute approximate surface area is 170 Å². The SMILES string of the molecule is CC(C)(C)OC1CCN(c2c(N3CCC(N)CC3)cnnc2C(N)=O)C(N=O)C1. The Kier molecular flexibility index (Phi) is 6.33. The molecule has 29 heavy (non-hydrogen) atoms. The molecule has 10 nitrogen and oxygen atoms in total. The van der Waals surface area contributed by atoms with Crippen LogP contribution in [0.3, 0.4) is 0 Å². The number of hydrogen-bond donors (Lipinski definition) is 2. The molecule has 0 saturated carbocycles. The fourth-order valence-corrected chi connectivity index (χ4v) is 4.07. The van der Waals surface area contributed by atoms with E-state index in [-0.39, 0.29) is 23.4 Å². The summed E-state index contributed by atoms with van der Waals surface area (Å²) in [5, 5.41) is 11.3. The highest BCUT2D eigenvalue weighted by Gasteiger charge is 2.36. The standard InChI is InChI=1S/C19H31N7O3/c1-19(2,3)29-13-6-9-26(15(10-13)24-28)17-14(11-22-23-16(17)18(21)27)25-7-4-12(20)5-8-25/h11-13,15H,4-10,20H2,1-3H3,(H2,21,27). The lowest BCUT2D eigenvalue weighted by Crippen LogP contribution is -2.48. The van der Waals surface area contributed by atoms with Gasteiger partial charge in [-0.2, -0.15) is 5.10 Å². The van der Waals surface area contributed by atoms with E-state index in [1.807, 2.05) is 25.7 Å². The van der Waals surface area contributed by atoms with E-state index in [0.29, 0.717) is 25.1 Å². The molecule has 4 N–H and O–H groups in total. The van der Waals surface area contributed by atoms with E-state index in [1.54, 1.807) is 6.20 Å². The second-order valence-corrected chi connectivity index (χ2v) is 8.77. The van der Waals surface area contributed by atoms with Gasteiger partial charge in [0, 0.05) is 32.1 Å². The van der Waals surface area contributed by atoms with Crippen LogP contribution < -0.4 is 21.3 Å². The summed E-state index contributed by atoms with van der Waals surface area (Å²) in [6.07, 6.45) is 3.67. The monoisotopic (exact) mass is 405 g/mol. The number of nitrogens with zero attached hydrogens (tertiary/aromatic N) is 5. The number of nitroso groups, excluding NO2 is 1. The Morgan fingerprint density at radius 2 is 1.93 bits per heavy atom. The van der Waals surface area contributed by atoms with Crippen molar-refractivity contribution in [3.05, 3.63) is 16.8 Å². The van der Waals surface area contributed by atoms with Gasteiger partial charge in [-0.3, -0.25) is 4.79 Å². The molecule has 3 heterocycles. The number of aromatic nitrogens is 2. The largest absolute Gasteiger partial charge is 0.372 e. The van der Waals surface area contributed by atoms with E-state index in [0.717, 1.165) is 31.6 Å². The molecule has 0 bridgehead atoms. The summed E-state index contributed by atoms with van der Waals surface area (Å²) >= 11 is 0. The molecule has 0 aliphatic carbocycles. The maximum Gasteiger partial charge on any atom is 0.271 e. The summed E-state index contributed by atoms with van der Waals surface area (Å²) in [6, 6.07) is 0.162. The third-order valence-electron chi connectivity index (χ3n) is 5.37. The van der Waals surface area contributed by atoms with Gasteiger partial charge < -0.3 is 26.0 Å². The zero-order chi connectivity index (χ0) is 21.2. The Hall–Kier alpha value is -2.33. The lowest BCUT2D eigenvalue weighted by Gasteiger charge is -2.41. The van der Waals surface area contributed by atoms with Crippen LogP contribution in [-0.4, -0.2) is 59.7 Å². The van der Waals surface area contributed by atoms with Crippen LogP contribution in [0.15, 0.2) is 11.4 Å². The van der Waals surface area contributed by atoms with Gasteiger partial charge in [-0.25, -0.2) is 0 Å². The van der Waals surface area contributed by atoms with Gasteiger partial charge in [-0.05, 0) is 45.2 Å². The molecule has 2 fully saturated rings. The topological polar surface area (TPSA) is 140 Å². The van der Waals surface area contributed by atoms with E-state index >= 15 is 0 Å². The third kappa shape index (κ3) is 4.99. The Morgan fingerprint density at radius 1 is 1.24 bits per heavy atom. The van der Waals surface area contributed by atoms with Crippen molar-refractivity contribution in [2.45, 2.75) is 70.4 Å². The zero-order valence-electron chi connectivity index (χ0n) is 17.4. The minimum atomic E-state index is -0.680. The summed E-state index contributed by atoms with van der Waals surface area (Å²) in [7, 11) is 0. The van der Waals surface area contributed by atoms with E-state index in [9.17, 15) is 9.70 Å². The van der Waals surface area contributed by atoms with E-state index in [1.165, 1.54) is 0 Å². The van der Waals surface area contributed by atoms with Crippen molar-refractivity contribution in [3.8, 4) is 0 Å². The summed E-state index contributed by atoms with van der Waals surface area (Å²) < 4.78 is 6.06. The number of piperidine rings is 2. The number of amides is 1. The van der Waals surface area contributed by atoms with Crippen molar-refractivity contribution >= 4 is 17.3 Å². The molecule has 2 unspecified atom stereocenters. The molecule has 160 valence electrons. The van der Waals surface area contributed by atoms with E-state index in [4.69, 9.17) is 16.2 Å². The fraction of sp³-hybridized carbons (Fsp3) is 0.737. The van der Waals surface area contributed by atoms with Gasteiger partial charge in [0.25, 0.3) is 5.91 Å². The molecule has 0 radical (unpaired) electrons. The zero-order valence-corrected chi connectivity index (χ0v) is 17.4. The average Bonchev–Trinajstić information content (AvgIpc) is 2.66. The summed E-state index contributed by atoms with van der Waals surface area (Å²) in [5.74, 6) is -0.680. The van der Waals surface area contributed by atoms with E-state index < -0.39 is 12.1 Å². The predicted molar refractivity (Wildman–Crippen MR) is 111 cm³/mol. The average molecular weight is 406 g/mol. The second-order valence-electron chi connectivity index (χ2n) is 8.77. The number of carbonyl (C=O) groups excluding carboxylic acids is 1. The molecule has 2 aliphatic rings. The Morgan fingerprint density at radius 3 is 2.52 bits per heavy atom. The molecule has 2 atom stereocenters. The van der Waals surface area contributed by atoms with Crippen LogP contribution in [0.5, 0.6) is 0 Å². The smallest absolute Gasteiger partial charge is 0.271 e. The summed E-state index contributed by atoms with van der Waals surface area (Å²) in [5.41, 5.74) is 12.6. The third-order valence-corrected chi connectivity index (χ3v) is 5.37. The van der Waals surface area contributed by atoms with Gasteiger partial charge in [0.1, 0.15) is 0 Å². The number of nitrogens with two attached hydrogens (primary N) is 2. The van der Waals surface area contributed by atoms with Crippen molar-refractivity contribution in [1.82, 2.24) is 10.2 Å². The number of primary amides is 1. The van der Waals surface area contributed by atoms with Crippen LogP contribution in [0.1, 0.15) is 56.9 Å². The van der Waals surface area contributed by atoms with E-state index in [2.05, 4.69) is 20.3 Å². The highest BCUT2D eigenvalue weighted by molar-refractivity contribution is 5.99. The quantitative estimate of drug-likeness (QED) is 0.700. The highest BCUT2D eigenvalue weighted by atomic mass is 16.5. The van der Waals surface area contributed by atoms with Gasteiger partial charge in [-0.15, -0.1) is 10.0 Å². The molecule has 10 heteroatoms. The first-order valence-corrected chi connectivity index (χ1v) is 10.1. The van der Waals surface area contributed by atoms with Crippen LogP contribution >= 0.6 is 0 Å². The Bertz CT molecular complexity index is 744. The van der Waals surface area contributed by atoms with Crippen molar-refractivity contribution < 1.29 is 9.53 Å². The van der Waals surface area contributed by atoms with Gasteiger partial charge >= 0.3 is 0 Å². The normalized spacial score (nSPS) is 23.9. The van der Waals surface area contributed by atoms with Gasteiger partial charge in [-0.1, -0.05) is 0 Å². The maximum absolute atomic E-state index is 12.1. The van der Waals surface area contributed by atoms with Gasteiger partial charge in [0.05, 0.1) is 29.3 Å². The van der Waals surface area contributed by atoms with Crippen molar-refractivity contribution in [3.63, 3.8) is 0 Å². The second kappa shape index (κ2) is 8.58. The number of ether oxygens (including phenoxy) is 1. The molecule has 0 spiro atoms. The molecular formula is C19H31N7O3. The lowest BCUT2D eigenvalue weighted by molar-refractivity contribution is -0.0728. The molecular weight excluding hydrogens is 374 g/mol. The van der Waals surface area contributed by atoms with Crippen LogP contribution in [0.25, 0.3) is 0 Å². The van der Waals surface area contributed by atoms with Crippen LogP contribution in [0.4, 0.5) is 11.4 Å². The van der Waals surface area contributed by atoms with Crippen molar-refractivity contribution in [1.29, 1.82) is 0 Å². The molecule has 2 aliphatic heterocycles. The van der Waals surface area contributed by atoms with Gasteiger partial charge in [0.15, 0.2) is 11.9 Å². The minimum Gasteiger partial charge on any atom is -0.372 e. The van der Waals surface area contributed by atoms with Crippen LogP contribution in [0.2, 0.25) is 0 Å². The summed E-state index contributed by atoms with van der Waals surface area (Å²) in [6.45, 7) is 7.94. The molecule has 3 rings (SSSR count). The summed E-state index contributed by atoms with van der Waals surface area (Å²) in [4.78, 5) is 27.8. The minimum absolute atomic E-state index is 0.0567. The van der Waals surface area contributed by atoms with Crippen molar-refractivity contribution in [2.24, 2.45) is 16.6 Å². The number of anilines is 2. The Balaban J connectivity index is 1.93. The lowest BCUT2D eigenvalue weighted by atomic mass is 10.0. The maximum atomic E-state index is 12.1. The highest BCUT2D eigenvalue weighted by Crippen LogP contribution is 2.37. The molecule has 1 amide bonds. The first-order chi connectivity index (χ1) is 13.7. The number of rotatable bonds is 5. The molecule has 2 saturated heterocycles. The van der Waals surface area contributed by atoms with Crippen LogP contribution in [0, 0.1) is 4.91 Å². The fourth-order valence-electron chi connectivity index (χ4n) is 4.07. The van der Waals surface area contributed by atoms with Crippen molar-refractivity contribution in [2.75, 3.05) is 29.4 Å². The predicted octanol–water partition coefficient (Wildman–Crippen LogP) is 1.38. The molecule has 1 aromatic heterocycles. The number of hydrogen-bond acceptors (Lipinski definition) is 9. The first kappa shape index (κ1) is 21.4.